The summed E-state index contributed by atoms with van der Waals surface area (Å²) in [7, 11) is 1.22. The minimum atomic E-state index is -1.19. The fraction of sp³-hybridized carbons (Fsp3) is 0.464. The third kappa shape index (κ3) is 5.56. The van der Waals surface area contributed by atoms with Gasteiger partial charge in [0, 0.05) is 5.92 Å². The summed E-state index contributed by atoms with van der Waals surface area (Å²) < 4.78 is 22.0. The maximum Gasteiger partial charge on any atom is 0.412 e. The molecule has 2 aliphatic rings. The lowest BCUT2D eigenvalue weighted by molar-refractivity contribution is -0.149. The summed E-state index contributed by atoms with van der Waals surface area (Å²) in [5.41, 5.74) is 2.62. The van der Waals surface area contributed by atoms with Crippen molar-refractivity contribution < 1.29 is 33.3 Å². The molecule has 0 aromatic heterocycles. The molecule has 1 fully saturated rings. The van der Waals surface area contributed by atoms with Crippen molar-refractivity contribution in [2.45, 2.75) is 64.0 Å². The van der Waals surface area contributed by atoms with Crippen LogP contribution in [0.3, 0.4) is 0 Å². The van der Waals surface area contributed by atoms with Gasteiger partial charge in [-0.2, -0.15) is 0 Å². The van der Waals surface area contributed by atoms with E-state index in [1.807, 2.05) is 36.4 Å². The third-order valence-electron chi connectivity index (χ3n) is 6.51. The molecule has 198 valence electrons. The van der Waals surface area contributed by atoms with Crippen LogP contribution in [0.25, 0.3) is 11.1 Å². The molecule has 37 heavy (non-hydrogen) atoms. The number of carbonyl (C=O) groups excluding carboxylic acids is 3. The number of esters is 1. The van der Waals surface area contributed by atoms with Crippen LogP contribution in [0.1, 0.15) is 51.7 Å². The zero-order valence-electron chi connectivity index (χ0n) is 22.1. The molecule has 9 nitrogen and oxygen atoms in total. The topological polar surface area (TPSA) is 103 Å². The number of fused-ring (bicyclic) bond motifs is 3. The van der Waals surface area contributed by atoms with Crippen LogP contribution in [0.5, 0.6) is 0 Å². The summed E-state index contributed by atoms with van der Waals surface area (Å²) >= 11 is 0. The molecule has 4 rings (SSSR count). The normalized spacial score (nSPS) is 19.0. The van der Waals surface area contributed by atoms with Crippen molar-refractivity contribution in [3.8, 4) is 11.1 Å². The predicted molar refractivity (Wildman–Crippen MR) is 136 cm³/mol. The van der Waals surface area contributed by atoms with Crippen molar-refractivity contribution in [2.75, 3.05) is 20.3 Å². The van der Waals surface area contributed by atoms with Gasteiger partial charge in [0.25, 0.3) is 0 Å². The molecule has 1 N–H and O–H groups in total. The Morgan fingerprint density at radius 2 is 1.62 bits per heavy atom. The summed E-state index contributed by atoms with van der Waals surface area (Å²) in [5.74, 6) is -0.834. The van der Waals surface area contributed by atoms with E-state index >= 15 is 0 Å². The van der Waals surface area contributed by atoms with Gasteiger partial charge in [-0.1, -0.05) is 48.5 Å². The first-order chi connectivity index (χ1) is 17.4. The molecule has 2 amide bonds. The molecule has 0 bridgehead atoms. The molecule has 0 saturated carbocycles. The van der Waals surface area contributed by atoms with Gasteiger partial charge in [0.2, 0.25) is 0 Å². The molecule has 9 heteroatoms. The van der Waals surface area contributed by atoms with Crippen LogP contribution in [0, 0.1) is 0 Å². The number of nitrogens with zero attached hydrogens (tertiary/aromatic N) is 1. The lowest BCUT2D eigenvalue weighted by Crippen LogP contribution is -2.51. The van der Waals surface area contributed by atoms with Gasteiger partial charge >= 0.3 is 18.2 Å². The largest absolute Gasteiger partial charge is 0.467 e. The van der Waals surface area contributed by atoms with E-state index in [1.54, 1.807) is 34.6 Å². The van der Waals surface area contributed by atoms with Crippen LogP contribution < -0.4 is 5.32 Å². The number of hydrogen-bond donors (Lipinski definition) is 1. The summed E-state index contributed by atoms with van der Waals surface area (Å²) in [5, 5.41) is 2.59. The number of alkyl carbamates (subject to hydrolysis) is 1. The zero-order valence-corrected chi connectivity index (χ0v) is 22.1. The van der Waals surface area contributed by atoms with E-state index in [0.717, 1.165) is 22.3 Å². The van der Waals surface area contributed by atoms with Gasteiger partial charge in [0.15, 0.2) is 6.04 Å². The van der Waals surface area contributed by atoms with Gasteiger partial charge in [-0.3, -0.25) is 4.90 Å². The lowest BCUT2D eigenvalue weighted by Gasteiger charge is -2.31. The molecule has 0 spiro atoms. The Morgan fingerprint density at radius 1 is 1.05 bits per heavy atom. The lowest BCUT2D eigenvalue weighted by atomic mass is 9.98. The van der Waals surface area contributed by atoms with Gasteiger partial charge in [0.05, 0.1) is 13.7 Å². The van der Waals surface area contributed by atoms with Crippen LogP contribution in [0.4, 0.5) is 9.59 Å². The van der Waals surface area contributed by atoms with E-state index in [9.17, 15) is 14.4 Å². The fourth-order valence-electron chi connectivity index (χ4n) is 4.85. The first kappa shape index (κ1) is 26.5. The van der Waals surface area contributed by atoms with Crippen LogP contribution in [-0.2, 0) is 23.7 Å². The van der Waals surface area contributed by atoms with Crippen LogP contribution in [0.2, 0.25) is 0 Å². The van der Waals surface area contributed by atoms with Crippen LogP contribution in [-0.4, -0.2) is 66.8 Å². The first-order valence-electron chi connectivity index (χ1n) is 12.3. The molecule has 1 aliphatic carbocycles. The second-order valence-corrected chi connectivity index (χ2v) is 10.7. The standard InChI is InChI=1S/C28H34N2O7/c1-27(2,3)37-26(33)30-15-22(36-28(30,4)5)23(24(31)34-6)29-25(32)35-16-21-19-13-9-7-11-17(19)18-12-8-10-14-20(18)21/h7-14,21-23H,15-16H2,1-6H3,(H,29,32)/t22-,23+/m0/s1. The van der Waals surface area contributed by atoms with Gasteiger partial charge in [-0.15, -0.1) is 0 Å². The molecule has 2 atom stereocenters. The number of benzene rings is 2. The average Bonchev–Trinajstić information content (AvgIpc) is 3.33. The summed E-state index contributed by atoms with van der Waals surface area (Å²) in [6.45, 7) is 8.80. The SMILES string of the molecule is COC(=O)[C@H](NC(=O)OCC1c2ccccc2-c2ccccc21)[C@@H]1CN(C(=O)OC(C)(C)C)C(C)(C)O1. The predicted octanol–water partition coefficient (Wildman–Crippen LogP) is 4.44. The van der Waals surface area contributed by atoms with Crippen molar-refractivity contribution in [2.24, 2.45) is 0 Å². The number of nitrogens with one attached hydrogen (secondary N) is 1. The second kappa shape index (κ2) is 10.0. The minimum absolute atomic E-state index is 0.0192. The van der Waals surface area contributed by atoms with E-state index < -0.39 is 41.6 Å². The van der Waals surface area contributed by atoms with Gasteiger partial charge in [-0.25, -0.2) is 14.4 Å². The van der Waals surface area contributed by atoms with E-state index in [1.165, 1.54) is 12.0 Å². The average molecular weight is 511 g/mol. The monoisotopic (exact) mass is 510 g/mol. The molecular weight excluding hydrogens is 476 g/mol. The van der Waals surface area contributed by atoms with Crippen molar-refractivity contribution >= 4 is 18.2 Å². The smallest absolute Gasteiger partial charge is 0.412 e. The van der Waals surface area contributed by atoms with Gasteiger partial charge in [0.1, 0.15) is 24.0 Å². The van der Waals surface area contributed by atoms with Gasteiger partial charge in [-0.05, 0) is 56.9 Å². The van der Waals surface area contributed by atoms with Crippen LogP contribution >= 0.6 is 0 Å². The van der Waals surface area contributed by atoms with E-state index in [2.05, 4.69) is 17.4 Å². The molecule has 0 unspecified atom stereocenters. The molecule has 0 radical (unpaired) electrons. The van der Waals surface area contributed by atoms with E-state index in [0.29, 0.717) is 0 Å². The summed E-state index contributed by atoms with van der Waals surface area (Å²) in [4.78, 5) is 39.6. The quantitative estimate of drug-likeness (QED) is 0.469. The Kier molecular flexibility index (Phi) is 7.19. The highest BCUT2D eigenvalue weighted by atomic mass is 16.6. The van der Waals surface area contributed by atoms with E-state index in [-0.39, 0.29) is 19.1 Å². The first-order valence-corrected chi connectivity index (χ1v) is 12.3. The number of hydrogen-bond acceptors (Lipinski definition) is 7. The highest BCUT2D eigenvalue weighted by Crippen LogP contribution is 2.44. The number of methoxy groups -OCH3 is 1. The molecule has 1 saturated heterocycles. The highest BCUT2D eigenvalue weighted by molar-refractivity contribution is 5.83. The van der Waals surface area contributed by atoms with Crippen molar-refractivity contribution in [3.05, 3.63) is 59.7 Å². The Bertz CT molecular complexity index is 1140. The number of rotatable bonds is 5. The molecule has 2 aromatic carbocycles. The summed E-state index contributed by atoms with van der Waals surface area (Å²) in [6, 6.07) is 14.9. The second-order valence-electron chi connectivity index (χ2n) is 10.7. The number of carbonyl (C=O) groups is 3. The number of ether oxygens (including phenoxy) is 4. The maximum absolute atomic E-state index is 12.9. The number of amides is 2. The van der Waals surface area contributed by atoms with Crippen molar-refractivity contribution in [3.63, 3.8) is 0 Å². The minimum Gasteiger partial charge on any atom is -0.467 e. The van der Waals surface area contributed by atoms with Gasteiger partial charge < -0.3 is 24.3 Å². The Balaban J connectivity index is 1.45. The van der Waals surface area contributed by atoms with E-state index in [4.69, 9.17) is 18.9 Å². The Labute approximate surface area is 217 Å². The fourth-order valence-corrected chi connectivity index (χ4v) is 4.85. The Morgan fingerprint density at radius 3 is 2.16 bits per heavy atom. The molecule has 1 aliphatic heterocycles. The summed E-state index contributed by atoms with van der Waals surface area (Å²) in [6.07, 6.45) is -2.23. The third-order valence-corrected chi connectivity index (χ3v) is 6.51. The maximum atomic E-state index is 12.9. The molecular formula is C28H34N2O7. The zero-order chi connectivity index (χ0) is 27.0. The van der Waals surface area contributed by atoms with Crippen molar-refractivity contribution in [1.29, 1.82) is 0 Å². The van der Waals surface area contributed by atoms with Crippen LogP contribution in [0.15, 0.2) is 48.5 Å². The molecule has 1 heterocycles. The molecule has 2 aromatic rings. The van der Waals surface area contributed by atoms with Crippen molar-refractivity contribution in [1.82, 2.24) is 10.2 Å². The highest BCUT2D eigenvalue weighted by Gasteiger charge is 2.49. The Hall–Kier alpha value is -3.59.